The first kappa shape index (κ1) is 24.5. The van der Waals surface area contributed by atoms with Gasteiger partial charge in [0.25, 0.3) is 0 Å². The van der Waals surface area contributed by atoms with Gasteiger partial charge in [0.15, 0.2) is 12.4 Å². The molecule has 0 unspecified atom stereocenters. The van der Waals surface area contributed by atoms with Crippen molar-refractivity contribution in [2.45, 2.75) is 4.90 Å². The van der Waals surface area contributed by atoms with Crippen LogP contribution in [0.15, 0.2) is 77.7 Å². The molecule has 0 saturated carbocycles. The minimum atomic E-state index is -3.87. The summed E-state index contributed by atoms with van der Waals surface area (Å²) >= 11 is 0. The molecule has 0 aliphatic carbocycles. The van der Waals surface area contributed by atoms with Crippen LogP contribution in [0.3, 0.4) is 0 Å². The number of carbonyl (C=O) groups excluding carboxylic acids is 2. The topological polar surface area (TPSA) is 84.0 Å². The summed E-state index contributed by atoms with van der Waals surface area (Å²) in [6.45, 7) is 0.740. The molecule has 0 aromatic heterocycles. The highest BCUT2D eigenvalue weighted by Gasteiger charge is 2.29. The molecule has 182 valence electrons. The lowest BCUT2D eigenvalue weighted by Gasteiger charge is -2.35. The number of hydrogen-bond donors (Lipinski definition) is 0. The fourth-order valence-electron chi connectivity index (χ4n) is 3.70. The van der Waals surface area contributed by atoms with E-state index in [-0.39, 0.29) is 34.9 Å². The Labute approximate surface area is 201 Å². The Hall–Kier alpha value is -3.63. The standard InChI is InChI=1S/C25H22F2N2O5S/c26-20-6-4-18(5-7-20)24(30)17-34-25(31)19-2-1-3-23(16-19)35(32,33)29-14-12-28(13-15-29)22-10-8-21(27)9-11-22/h1-11,16H,12-15,17H2. The number of ether oxygens (including phenoxy) is 1. The van der Waals surface area contributed by atoms with Gasteiger partial charge in [0.05, 0.1) is 10.5 Å². The Kier molecular flexibility index (Phi) is 7.23. The third kappa shape index (κ3) is 5.72. The second kappa shape index (κ2) is 10.3. The lowest BCUT2D eigenvalue weighted by molar-refractivity contribution is 0.0474. The van der Waals surface area contributed by atoms with Crippen LogP contribution in [0, 0.1) is 11.6 Å². The van der Waals surface area contributed by atoms with Crippen molar-refractivity contribution in [3.63, 3.8) is 0 Å². The fourth-order valence-corrected chi connectivity index (χ4v) is 5.17. The van der Waals surface area contributed by atoms with E-state index in [1.807, 2.05) is 4.90 Å². The van der Waals surface area contributed by atoms with Gasteiger partial charge in [0.1, 0.15) is 11.6 Å². The predicted octanol–water partition coefficient (Wildman–Crippen LogP) is 3.52. The molecule has 3 aromatic carbocycles. The highest BCUT2D eigenvalue weighted by atomic mass is 32.2. The number of esters is 1. The van der Waals surface area contributed by atoms with Gasteiger partial charge in [-0.25, -0.2) is 22.0 Å². The molecule has 0 atom stereocenters. The molecule has 0 spiro atoms. The maximum atomic E-state index is 13.2. The van der Waals surface area contributed by atoms with Crippen LogP contribution in [0.1, 0.15) is 20.7 Å². The van der Waals surface area contributed by atoms with E-state index >= 15 is 0 Å². The SMILES string of the molecule is O=C(COC(=O)c1cccc(S(=O)(=O)N2CCN(c3ccc(F)cc3)CC2)c1)c1ccc(F)cc1. The molecular formula is C25H22F2N2O5S. The lowest BCUT2D eigenvalue weighted by Crippen LogP contribution is -2.48. The minimum absolute atomic E-state index is 0.0112. The van der Waals surface area contributed by atoms with E-state index in [0.717, 1.165) is 17.8 Å². The van der Waals surface area contributed by atoms with Crippen LogP contribution in [0.25, 0.3) is 0 Å². The number of nitrogens with zero attached hydrogens (tertiary/aromatic N) is 2. The van der Waals surface area contributed by atoms with Gasteiger partial charge in [-0.05, 0) is 66.7 Å². The van der Waals surface area contributed by atoms with Gasteiger partial charge in [-0.15, -0.1) is 0 Å². The van der Waals surface area contributed by atoms with Gasteiger partial charge in [0.2, 0.25) is 10.0 Å². The highest BCUT2D eigenvalue weighted by molar-refractivity contribution is 7.89. The average Bonchev–Trinajstić information content (AvgIpc) is 2.88. The summed E-state index contributed by atoms with van der Waals surface area (Å²) in [6.07, 6.45) is 0. The van der Waals surface area contributed by atoms with Crippen LogP contribution < -0.4 is 4.90 Å². The van der Waals surface area contributed by atoms with Crippen LogP contribution in [0.2, 0.25) is 0 Å². The molecular weight excluding hydrogens is 478 g/mol. The molecule has 1 fully saturated rings. The first-order valence-electron chi connectivity index (χ1n) is 10.8. The van der Waals surface area contributed by atoms with Gasteiger partial charge in [-0.3, -0.25) is 4.79 Å². The summed E-state index contributed by atoms with van der Waals surface area (Å²) in [4.78, 5) is 26.5. The molecule has 0 radical (unpaired) electrons. The first-order chi connectivity index (χ1) is 16.7. The number of Topliss-reactive ketones (excluding diaryl/α,β-unsaturated/α-hetero) is 1. The normalized spacial score (nSPS) is 14.5. The number of benzene rings is 3. The zero-order chi connectivity index (χ0) is 25.0. The summed E-state index contributed by atoms with van der Waals surface area (Å²) in [7, 11) is -3.87. The molecule has 1 aliphatic heterocycles. The van der Waals surface area contributed by atoms with Crippen LogP contribution in [0.5, 0.6) is 0 Å². The van der Waals surface area contributed by atoms with E-state index < -0.39 is 34.2 Å². The Bertz CT molecular complexity index is 1320. The molecule has 35 heavy (non-hydrogen) atoms. The molecule has 4 rings (SSSR count). The maximum Gasteiger partial charge on any atom is 0.338 e. The molecule has 1 aliphatic rings. The van der Waals surface area contributed by atoms with Crippen LogP contribution in [0.4, 0.5) is 14.5 Å². The van der Waals surface area contributed by atoms with E-state index in [1.165, 1.54) is 52.8 Å². The first-order valence-corrected chi connectivity index (χ1v) is 12.2. The van der Waals surface area contributed by atoms with Crippen molar-refractivity contribution in [3.8, 4) is 0 Å². The van der Waals surface area contributed by atoms with E-state index in [0.29, 0.717) is 13.1 Å². The number of halogens is 2. The van der Waals surface area contributed by atoms with Crippen molar-refractivity contribution in [1.29, 1.82) is 0 Å². The monoisotopic (exact) mass is 500 g/mol. The Morgan fingerprint density at radius 3 is 2.03 bits per heavy atom. The number of anilines is 1. The molecule has 0 bridgehead atoms. The Balaban J connectivity index is 1.39. The quantitative estimate of drug-likeness (QED) is 0.365. The number of ketones is 1. The van der Waals surface area contributed by atoms with Gasteiger partial charge in [0, 0.05) is 37.4 Å². The molecule has 1 heterocycles. The largest absolute Gasteiger partial charge is 0.454 e. The second-order valence-electron chi connectivity index (χ2n) is 7.90. The van der Waals surface area contributed by atoms with Crippen LogP contribution in [-0.4, -0.2) is 57.3 Å². The van der Waals surface area contributed by atoms with Gasteiger partial charge < -0.3 is 9.64 Å². The summed E-state index contributed by atoms with van der Waals surface area (Å²) in [5.74, 6) is -2.19. The third-order valence-electron chi connectivity index (χ3n) is 5.64. The summed E-state index contributed by atoms with van der Waals surface area (Å²) < 4.78 is 58.8. The molecule has 10 heteroatoms. The number of hydrogen-bond acceptors (Lipinski definition) is 6. The molecule has 7 nitrogen and oxygen atoms in total. The highest BCUT2D eigenvalue weighted by Crippen LogP contribution is 2.22. The number of piperazine rings is 1. The Morgan fingerprint density at radius 1 is 0.800 bits per heavy atom. The van der Waals surface area contributed by atoms with E-state index in [4.69, 9.17) is 4.74 Å². The lowest BCUT2D eigenvalue weighted by atomic mass is 10.1. The van der Waals surface area contributed by atoms with Gasteiger partial charge >= 0.3 is 5.97 Å². The summed E-state index contributed by atoms with van der Waals surface area (Å²) in [6, 6.07) is 16.3. The van der Waals surface area contributed by atoms with Crippen molar-refractivity contribution in [2.75, 3.05) is 37.7 Å². The van der Waals surface area contributed by atoms with Crippen molar-refractivity contribution in [1.82, 2.24) is 4.31 Å². The average molecular weight is 501 g/mol. The van der Waals surface area contributed by atoms with E-state index in [1.54, 1.807) is 12.1 Å². The number of rotatable bonds is 7. The molecule has 0 N–H and O–H groups in total. The molecule has 1 saturated heterocycles. The van der Waals surface area contributed by atoms with Crippen molar-refractivity contribution in [2.24, 2.45) is 0 Å². The van der Waals surface area contributed by atoms with Gasteiger partial charge in [-0.2, -0.15) is 4.31 Å². The number of sulfonamides is 1. The fraction of sp³-hybridized carbons (Fsp3) is 0.200. The van der Waals surface area contributed by atoms with Crippen molar-refractivity contribution in [3.05, 3.63) is 95.6 Å². The maximum absolute atomic E-state index is 13.2. The van der Waals surface area contributed by atoms with Crippen LogP contribution in [-0.2, 0) is 14.8 Å². The minimum Gasteiger partial charge on any atom is -0.454 e. The summed E-state index contributed by atoms with van der Waals surface area (Å²) in [5, 5.41) is 0. The number of carbonyl (C=O) groups is 2. The van der Waals surface area contributed by atoms with E-state index in [2.05, 4.69) is 0 Å². The van der Waals surface area contributed by atoms with Gasteiger partial charge in [-0.1, -0.05) is 6.07 Å². The second-order valence-corrected chi connectivity index (χ2v) is 9.84. The van der Waals surface area contributed by atoms with Crippen molar-refractivity contribution < 1.29 is 31.5 Å². The van der Waals surface area contributed by atoms with Crippen molar-refractivity contribution >= 4 is 27.5 Å². The summed E-state index contributed by atoms with van der Waals surface area (Å²) in [5.41, 5.74) is 0.988. The Morgan fingerprint density at radius 2 is 1.40 bits per heavy atom. The zero-order valence-electron chi connectivity index (χ0n) is 18.6. The molecule has 0 amide bonds. The van der Waals surface area contributed by atoms with E-state index in [9.17, 15) is 26.8 Å². The smallest absolute Gasteiger partial charge is 0.338 e. The third-order valence-corrected chi connectivity index (χ3v) is 7.53. The molecule has 3 aromatic rings. The zero-order valence-corrected chi connectivity index (χ0v) is 19.4. The predicted molar refractivity (Wildman–Crippen MR) is 125 cm³/mol. The van der Waals surface area contributed by atoms with Crippen LogP contribution >= 0.6 is 0 Å².